The maximum Gasteiger partial charge on any atom is 0.167 e. The second-order valence-electron chi connectivity index (χ2n) is 3.70. The third-order valence-electron chi connectivity index (χ3n) is 2.47. The molecule has 0 saturated carbocycles. The van der Waals surface area contributed by atoms with Crippen molar-refractivity contribution in [1.29, 1.82) is 0 Å². The van der Waals surface area contributed by atoms with Crippen LogP contribution < -0.4 is 9.47 Å². The van der Waals surface area contributed by atoms with Crippen LogP contribution in [0.5, 0.6) is 11.5 Å². The summed E-state index contributed by atoms with van der Waals surface area (Å²) in [5.41, 5.74) is 0.748. The lowest BCUT2D eigenvalue weighted by Gasteiger charge is -2.14. The molecule has 0 unspecified atom stereocenters. The Labute approximate surface area is 111 Å². The largest absolute Gasteiger partial charge is 0.490 e. The van der Waals surface area contributed by atoms with Crippen LogP contribution in [-0.2, 0) is 13.2 Å². The molecule has 2 rings (SSSR count). The van der Waals surface area contributed by atoms with Gasteiger partial charge in [-0.05, 0) is 24.4 Å². The predicted octanol–water partition coefficient (Wildman–Crippen LogP) is 3.22. The van der Waals surface area contributed by atoms with Gasteiger partial charge in [0.25, 0.3) is 0 Å². The van der Waals surface area contributed by atoms with Gasteiger partial charge in [0.2, 0.25) is 0 Å². The van der Waals surface area contributed by atoms with E-state index in [4.69, 9.17) is 9.47 Å². The zero-order valence-corrected chi connectivity index (χ0v) is 11.1. The fourth-order valence-electron chi connectivity index (χ4n) is 1.66. The fraction of sp³-hybridized carbons (Fsp3) is 0.286. The summed E-state index contributed by atoms with van der Waals surface area (Å²) in [4.78, 5) is 1.14. The van der Waals surface area contributed by atoms with E-state index in [9.17, 15) is 5.11 Å². The number of aliphatic hydroxyl groups excluding tert-OH is 1. The van der Waals surface area contributed by atoms with Gasteiger partial charge in [0.1, 0.15) is 6.61 Å². The first-order valence-electron chi connectivity index (χ1n) is 5.86. The van der Waals surface area contributed by atoms with E-state index in [1.54, 1.807) is 11.3 Å². The lowest BCUT2D eigenvalue weighted by Crippen LogP contribution is -2.01. The molecule has 0 amide bonds. The normalized spacial score (nSPS) is 10.3. The highest BCUT2D eigenvalue weighted by Gasteiger charge is 2.10. The second-order valence-corrected chi connectivity index (χ2v) is 4.74. The van der Waals surface area contributed by atoms with Gasteiger partial charge in [0.05, 0.1) is 13.2 Å². The van der Waals surface area contributed by atoms with Crippen LogP contribution in [0.15, 0.2) is 35.7 Å². The first-order chi connectivity index (χ1) is 8.85. The van der Waals surface area contributed by atoms with Crippen LogP contribution in [0.3, 0.4) is 0 Å². The molecule has 0 aliphatic heterocycles. The molecule has 1 aromatic carbocycles. The van der Waals surface area contributed by atoms with Gasteiger partial charge in [0.15, 0.2) is 11.5 Å². The van der Waals surface area contributed by atoms with Crippen molar-refractivity contribution in [3.63, 3.8) is 0 Å². The van der Waals surface area contributed by atoms with Crippen LogP contribution in [0.25, 0.3) is 0 Å². The molecule has 18 heavy (non-hydrogen) atoms. The van der Waals surface area contributed by atoms with Crippen LogP contribution in [-0.4, -0.2) is 11.7 Å². The average molecular weight is 264 g/mol. The minimum atomic E-state index is -0.0549. The number of hydrogen-bond acceptors (Lipinski definition) is 4. The Bertz CT molecular complexity index is 480. The van der Waals surface area contributed by atoms with Crippen LogP contribution in [0, 0.1) is 0 Å². The van der Waals surface area contributed by atoms with Gasteiger partial charge in [-0.2, -0.15) is 0 Å². The van der Waals surface area contributed by atoms with E-state index >= 15 is 0 Å². The zero-order chi connectivity index (χ0) is 12.8. The van der Waals surface area contributed by atoms with E-state index in [2.05, 4.69) is 0 Å². The number of ether oxygens (including phenoxy) is 2. The van der Waals surface area contributed by atoms with Gasteiger partial charge in [0, 0.05) is 10.4 Å². The molecule has 0 aliphatic rings. The molecular formula is C14H16O3S. The minimum Gasteiger partial charge on any atom is -0.490 e. The first kappa shape index (κ1) is 12.9. The quantitative estimate of drug-likeness (QED) is 0.870. The lowest BCUT2D eigenvalue weighted by molar-refractivity contribution is 0.244. The van der Waals surface area contributed by atoms with Crippen LogP contribution in [0.4, 0.5) is 0 Å². The van der Waals surface area contributed by atoms with Crippen LogP contribution in [0.1, 0.15) is 17.4 Å². The van der Waals surface area contributed by atoms with Crippen molar-refractivity contribution < 1.29 is 14.6 Å². The Morgan fingerprint density at radius 1 is 1.17 bits per heavy atom. The van der Waals surface area contributed by atoms with Crippen LogP contribution >= 0.6 is 11.3 Å². The van der Waals surface area contributed by atoms with E-state index in [1.807, 2.05) is 42.6 Å². The average Bonchev–Trinajstić information content (AvgIpc) is 2.90. The second kappa shape index (κ2) is 6.42. The van der Waals surface area contributed by atoms with E-state index in [0.29, 0.717) is 24.7 Å². The summed E-state index contributed by atoms with van der Waals surface area (Å²) in [6.07, 6.45) is 0. The zero-order valence-electron chi connectivity index (χ0n) is 10.3. The first-order valence-corrected chi connectivity index (χ1v) is 6.73. The fourth-order valence-corrected chi connectivity index (χ4v) is 2.27. The van der Waals surface area contributed by atoms with Gasteiger partial charge in [-0.3, -0.25) is 0 Å². The topological polar surface area (TPSA) is 38.7 Å². The smallest absolute Gasteiger partial charge is 0.167 e. The van der Waals surface area contributed by atoms with E-state index in [1.165, 1.54) is 0 Å². The summed E-state index contributed by atoms with van der Waals surface area (Å²) < 4.78 is 11.3. The molecule has 2 aromatic rings. The molecule has 0 bridgehead atoms. The van der Waals surface area contributed by atoms with Gasteiger partial charge in [-0.1, -0.05) is 18.2 Å². The molecule has 0 spiro atoms. The van der Waals surface area contributed by atoms with Crippen molar-refractivity contribution in [3.05, 3.63) is 46.2 Å². The summed E-state index contributed by atoms with van der Waals surface area (Å²) in [5, 5.41) is 11.3. The molecule has 0 aliphatic carbocycles. The molecule has 1 aromatic heterocycles. The summed E-state index contributed by atoms with van der Waals surface area (Å²) in [7, 11) is 0. The molecular weight excluding hydrogens is 248 g/mol. The number of hydrogen-bond donors (Lipinski definition) is 1. The number of para-hydroxylation sites is 1. The molecule has 1 heterocycles. The van der Waals surface area contributed by atoms with Gasteiger partial charge in [-0.25, -0.2) is 0 Å². The Morgan fingerprint density at radius 2 is 2.06 bits per heavy atom. The molecule has 0 atom stereocenters. The Hall–Kier alpha value is -1.52. The molecule has 96 valence electrons. The molecule has 3 nitrogen and oxygen atoms in total. The number of benzene rings is 1. The maximum absolute atomic E-state index is 9.34. The highest BCUT2D eigenvalue weighted by molar-refractivity contribution is 7.09. The monoisotopic (exact) mass is 264 g/mol. The van der Waals surface area contributed by atoms with E-state index in [-0.39, 0.29) is 6.61 Å². The third-order valence-corrected chi connectivity index (χ3v) is 3.32. The van der Waals surface area contributed by atoms with Gasteiger partial charge < -0.3 is 14.6 Å². The number of aliphatic hydroxyl groups is 1. The number of rotatable bonds is 6. The van der Waals surface area contributed by atoms with Crippen molar-refractivity contribution in [2.75, 3.05) is 6.61 Å². The Kier molecular flexibility index (Phi) is 4.61. The molecule has 1 N–H and O–H groups in total. The highest BCUT2D eigenvalue weighted by atomic mass is 32.1. The van der Waals surface area contributed by atoms with Gasteiger partial charge >= 0.3 is 0 Å². The third kappa shape index (κ3) is 3.03. The highest BCUT2D eigenvalue weighted by Crippen LogP contribution is 2.32. The Morgan fingerprint density at radius 3 is 2.72 bits per heavy atom. The summed E-state index contributed by atoms with van der Waals surface area (Å²) >= 11 is 1.65. The van der Waals surface area contributed by atoms with Crippen molar-refractivity contribution >= 4 is 11.3 Å². The molecule has 0 fully saturated rings. The van der Waals surface area contributed by atoms with E-state index < -0.39 is 0 Å². The molecule has 0 saturated heterocycles. The van der Waals surface area contributed by atoms with Crippen molar-refractivity contribution in [3.8, 4) is 11.5 Å². The molecule has 4 heteroatoms. The lowest BCUT2D eigenvalue weighted by atomic mass is 10.2. The number of thiophene rings is 1. The van der Waals surface area contributed by atoms with Crippen molar-refractivity contribution in [2.24, 2.45) is 0 Å². The summed E-state index contributed by atoms with van der Waals surface area (Å²) in [6, 6.07) is 9.56. The minimum absolute atomic E-state index is 0.0549. The standard InChI is InChI=1S/C14H16O3S/c1-2-16-13-7-3-5-11(9-15)14(13)17-10-12-6-4-8-18-12/h3-8,15H,2,9-10H2,1H3. The molecule has 0 radical (unpaired) electrons. The SMILES string of the molecule is CCOc1cccc(CO)c1OCc1cccs1. The van der Waals surface area contributed by atoms with E-state index in [0.717, 1.165) is 10.4 Å². The van der Waals surface area contributed by atoms with Crippen molar-refractivity contribution in [1.82, 2.24) is 0 Å². The summed E-state index contributed by atoms with van der Waals surface area (Å²) in [5.74, 6) is 1.32. The predicted molar refractivity (Wildman–Crippen MR) is 72.2 cm³/mol. The van der Waals surface area contributed by atoms with Gasteiger partial charge in [-0.15, -0.1) is 11.3 Å². The maximum atomic E-state index is 9.34. The Balaban J connectivity index is 2.18. The van der Waals surface area contributed by atoms with Crippen LogP contribution in [0.2, 0.25) is 0 Å². The summed E-state index contributed by atoms with van der Waals surface area (Å²) in [6.45, 7) is 2.94. The van der Waals surface area contributed by atoms with Crippen molar-refractivity contribution in [2.45, 2.75) is 20.1 Å².